The monoisotopic (exact) mass is 946 g/mol. The molecule has 4 nitrogen and oxygen atoms in total. The summed E-state index contributed by atoms with van der Waals surface area (Å²) in [5.74, 6) is 0. The molecule has 0 saturated heterocycles. The third-order valence-corrected chi connectivity index (χ3v) is 16.4. The summed E-state index contributed by atoms with van der Waals surface area (Å²) in [6.07, 6.45) is 0. The standard InChI is InChI=1S/C70H50N4/c1-43-45(3)71(51-33-35-65-57(37-51)53-29-17-19-31-63(53)73(65)49-25-13-7-14-26-49)67-41-61-59(39-55(43)67)69(47-21-9-5-10-22-47)62-42-68-56(40-60(62)70(61)48-23-11-6-12-24-48)44(2)46(4)72(68)52-34-36-66-58(38-52)54-30-18-20-32-64(54)74(66)50-27-15-8-16-28-50/h5-42H,1-4H3. The largest absolute Gasteiger partial charge is 0.314 e. The molecule has 11 aromatic carbocycles. The maximum atomic E-state index is 2.51. The Bertz CT molecular complexity index is 4470. The maximum absolute atomic E-state index is 2.51. The van der Waals surface area contributed by atoms with E-state index in [4.69, 9.17) is 0 Å². The highest BCUT2D eigenvalue weighted by Gasteiger charge is 2.25. The van der Waals surface area contributed by atoms with Gasteiger partial charge in [0, 0.05) is 66.5 Å². The topological polar surface area (TPSA) is 19.7 Å². The summed E-state index contributed by atoms with van der Waals surface area (Å²) in [5.41, 5.74) is 21.8. The van der Waals surface area contributed by atoms with E-state index < -0.39 is 0 Å². The van der Waals surface area contributed by atoms with Crippen molar-refractivity contribution in [3.63, 3.8) is 0 Å². The first-order chi connectivity index (χ1) is 36.4. The molecule has 0 unspecified atom stereocenters. The second-order valence-corrected chi connectivity index (χ2v) is 20.2. The van der Waals surface area contributed by atoms with Crippen LogP contribution in [0.25, 0.3) is 132 Å². The lowest BCUT2D eigenvalue weighted by atomic mass is 9.84. The summed E-state index contributed by atoms with van der Waals surface area (Å²) in [6, 6.07) is 85.4. The summed E-state index contributed by atoms with van der Waals surface area (Å²) < 4.78 is 9.80. The fourth-order valence-corrected chi connectivity index (χ4v) is 12.8. The average molecular weight is 947 g/mol. The van der Waals surface area contributed by atoms with E-state index in [2.05, 4.69) is 276 Å². The number of para-hydroxylation sites is 4. The zero-order valence-corrected chi connectivity index (χ0v) is 41.7. The number of rotatable bonds is 6. The minimum absolute atomic E-state index is 1.16. The summed E-state index contributed by atoms with van der Waals surface area (Å²) in [5, 5.41) is 12.5. The van der Waals surface area contributed by atoms with Gasteiger partial charge in [-0.05, 0) is 180 Å². The van der Waals surface area contributed by atoms with Crippen LogP contribution in [0.5, 0.6) is 0 Å². The van der Waals surface area contributed by atoms with Crippen LogP contribution in [0, 0.1) is 27.7 Å². The highest BCUT2D eigenvalue weighted by molar-refractivity contribution is 6.26. The molecule has 0 radical (unpaired) electrons. The summed E-state index contributed by atoms with van der Waals surface area (Å²) in [7, 11) is 0. The van der Waals surface area contributed by atoms with Gasteiger partial charge in [0.15, 0.2) is 0 Å². The van der Waals surface area contributed by atoms with E-state index in [0.29, 0.717) is 0 Å². The zero-order valence-electron chi connectivity index (χ0n) is 41.7. The first-order valence-corrected chi connectivity index (χ1v) is 25.8. The number of fused-ring (bicyclic) bond motifs is 10. The molecule has 0 amide bonds. The molecule has 0 saturated carbocycles. The van der Waals surface area contributed by atoms with Crippen molar-refractivity contribution < 1.29 is 0 Å². The van der Waals surface area contributed by atoms with E-state index in [1.54, 1.807) is 0 Å². The van der Waals surface area contributed by atoms with Crippen LogP contribution in [0.4, 0.5) is 0 Å². The quantitative estimate of drug-likeness (QED) is 0.148. The number of hydrogen-bond donors (Lipinski definition) is 0. The van der Waals surface area contributed by atoms with Crippen molar-refractivity contribution in [3.8, 4) is 45.0 Å². The van der Waals surface area contributed by atoms with Crippen LogP contribution in [0.1, 0.15) is 22.5 Å². The molecule has 0 fully saturated rings. The molecular weight excluding hydrogens is 897 g/mol. The third kappa shape index (κ3) is 6.03. The molecule has 4 heteroatoms. The Morgan fingerprint density at radius 3 is 0.959 bits per heavy atom. The highest BCUT2D eigenvalue weighted by Crippen LogP contribution is 2.49. The molecule has 0 N–H and O–H groups in total. The molecule has 4 aromatic heterocycles. The Morgan fingerprint density at radius 1 is 0.216 bits per heavy atom. The van der Waals surface area contributed by atoms with Gasteiger partial charge in [-0.1, -0.05) is 133 Å². The van der Waals surface area contributed by atoms with Gasteiger partial charge in [0.25, 0.3) is 0 Å². The van der Waals surface area contributed by atoms with Crippen LogP contribution < -0.4 is 0 Å². The van der Waals surface area contributed by atoms with E-state index in [0.717, 1.165) is 22.7 Å². The SMILES string of the molecule is Cc1c(C)n(-c2ccc3c(c2)c2ccccc2n3-c2ccccc2)c2cc3c(-c4ccccc4)c4cc5c(C)c(C)n(-c6ccc7c(c6)c6ccccc6n7-c6ccccc6)c5cc4c(-c4ccccc4)c3cc12. The van der Waals surface area contributed by atoms with Gasteiger partial charge in [-0.2, -0.15) is 0 Å². The van der Waals surface area contributed by atoms with E-state index >= 15 is 0 Å². The Kier molecular flexibility index (Phi) is 9.19. The summed E-state index contributed by atoms with van der Waals surface area (Å²) in [4.78, 5) is 0. The maximum Gasteiger partial charge on any atom is 0.0542 e. The number of hydrogen-bond acceptors (Lipinski definition) is 0. The van der Waals surface area contributed by atoms with Crippen LogP contribution in [0.3, 0.4) is 0 Å². The predicted molar refractivity (Wildman–Crippen MR) is 314 cm³/mol. The van der Waals surface area contributed by atoms with Crippen molar-refractivity contribution in [1.82, 2.24) is 18.3 Å². The van der Waals surface area contributed by atoms with Gasteiger partial charge in [-0.3, -0.25) is 0 Å². The van der Waals surface area contributed by atoms with Gasteiger partial charge >= 0.3 is 0 Å². The number of aryl methyl sites for hydroxylation is 2. The molecule has 0 bridgehead atoms. The van der Waals surface area contributed by atoms with Gasteiger partial charge in [0.05, 0.1) is 33.1 Å². The van der Waals surface area contributed by atoms with Crippen LogP contribution in [-0.2, 0) is 0 Å². The zero-order chi connectivity index (χ0) is 49.3. The van der Waals surface area contributed by atoms with E-state index in [9.17, 15) is 0 Å². The van der Waals surface area contributed by atoms with Gasteiger partial charge in [0.1, 0.15) is 0 Å². The smallest absolute Gasteiger partial charge is 0.0542 e. The second-order valence-electron chi connectivity index (χ2n) is 20.2. The lowest BCUT2D eigenvalue weighted by Crippen LogP contribution is -1.99. The molecule has 0 atom stereocenters. The van der Waals surface area contributed by atoms with Gasteiger partial charge < -0.3 is 18.3 Å². The Hall–Kier alpha value is -9.38. The fraction of sp³-hybridized carbons (Fsp3) is 0.0571. The molecular formula is C70H50N4. The van der Waals surface area contributed by atoms with Crippen molar-refractivity contribution in [3.05, 3.63) is 253 Å². The van der Waals surface area contributed by atoms with E-state index in [1.807, 2.05) is 0 Å². The van der Waals surface area contributed by atoms with E-state index in [-0.39, 0.29) is 0 Å². The van der Waals surface area contributed by atoms with Crippen molar-refractivity contribution in [2.75, 3.05) is 0 Å². The molecule has 0 aliphatic carbocycles. The van der Waals surface area contributed by atoms with Crippen LogP contribution in [-0.4, -0.2) is 18.3 Å². The third-order valence-electron chi connectivity index (χ3n) is 16.4. The predicted octanol–water partition coefficient (Wildman–Crippen LogP) is 18.6. The average Bonchev–Trinajstić information content (AvgIpc) is 4.12. The first-order valence-electron chi connectivity index (χ1n) is 25.8. The molecule has 0 aliphatic rings. The van der Waals surface area contributed by atoms with Crippen LogP contribution >= 0.6 is 0 Å². The van der Waals surface area contributed by atoms with Crippen molar-refractivity contribution in [2.24, 2.45) is 0 Å². The molecule has 0 spiro atoms. The number of aromatic nitrogens is 4. The summed E-state index contributed by atoms with van der Waals surface area (Å²) in [6.45, 7) is 9.18. The Labute approximate surface area is 428 Å². The van der Waals surface area contributed by atoms with Crippen molar-refractivity contribution >= 4 is 87.0 Å². The molecule has 15 aromatic rings. The normalized spacial score (nSPS) is 12.1. The lowest BCUT2D eigenvalue weighted by Gasteiger charge is -2.20. The number of benzene rings is 11. The number of nitrogens with zero attached hydrogens (tertiary/aromatic N) is 4. The fourth-order valence-electron chi connectivity index (χ4n) is 12.8. The molecule has 350 valence electrons. The van der Waals surface area contributed by atoms with Gasteiger partial charge in [0.2, 0.25) is 0 Å². The Morgan fingerprint density at radius 2 is 0.554 bits per heavy atom. The minimum Gasteiger partial charge on any atom is -0.314 e. The highest BCUT2D eigenvalue weighted by atomic mass is 15.0. The van der Waals surface area contributed by atoms with Crippen LogP contribution in [0.15, 0.2) is 231 Å². The van der Waals surface area contributed by atoms with Crippen molar-refractivity contribution in [2.45, 2.75) is 27.7 Å². The Balaban J connectivity index is 1.02. The first kappa shape index (κ1) is 42.3. The van der Waals surface area contributed by atoms with Gasteiger partial charge in [-0.25, -0.2) is 0 Å². The van der Waals surface area contributed by atoms with E-state index in [1.165, 1.54) is 132 Å². The molecule has 15 rings (SSSR count). The van der Waals surface area contributed by atoms with Crippen molar-refractivity contribution in [1.29, 1.82) is 0 Å². The van der Waals surface area contributed by atoms with Gasteiger partial charge in [-0.15, -0.1) is 0 Å². The molecule has 0 aliphatic heterocycles. The molecule has 74 heavy (non-hydrogen) atoms. The van der Waals surface area contributed by atoms with Crippen LogP contribution in [0.2, 0.25) is 0 Å². The minimum atomic E-state index is 1.16. The second kappa shape index (κ2) is 16.1. The lowest BCUT2D eigenvalue weighted by molar-refractivity contribution is 1.04. The summed E-state index contributed by atoms with van der Waals surface area (Å²) >= 11 is 0. The molecule has 4 heterocycles.